The first kappa shape index (κ1) is 21.3. The highest BCUT2D eigenvalue weighted by molar-refractivity contribution is 7.87. The van der Waals surface area contributed by atoms with Gasteiger partial charge in [0.2, 0.25) is 0 Å². The fourth-order valence-corrected chi connectivity index (χ4v) is 3.02. The Hall–Kier alpha value is -1.96. The van der Waals surface area contributed by atoms with E-state index in [0.717, 1.165) is 18.4 Å². The average molecular weight is 399 g/mol. The fraction of sp³-hybridized carbons (Fsp3) is 0.632. The van der Waals surface area contributed by atoms with Crippen molar-refractivity contribution in [3.8, 4) is 11.5 Å². The van der Waals surface area contributed by atoms with Gasteiger partial charge in [0.25, 0.3) is 0 Å². The smallest absolute Gasteiger partial charge is 0.318 e. The lowest BCUT2D eigenvalue weighted by atomic mass is 10.1. The number of nitrogens with one attached hydrogen (secondary N) is 1. The van der Waals surface area contributed by atoms with Crippen molar-refractivity contribution in [1.29, 1.82) is 0 Å². The standard InChI is InChI=1S/C19H30N2O5S/c1-13(2)27(23,24)26-17-11-14(7-10-16(17)25-6)12-21(15-8-9-15)18(22)20-19(3,4)5/h7,10-11,13,15H,8-9,12H2,1-6H3,(H,20,22). The van der Waals surface area contributed by atoms with Crippen LogP contribution in [0.5, 0.6) is 11.5 Å². The Morgan fingerprint density at radius 1 is 1.26 bits per heavy atom. The van der Waals surface area contributed by atoms with E-state index in [2.05, 4.69) is 5.32 Å². The van der Waals surface area contributed by atoms with E-state index in [1.165, 1.54) is 7.11 Å². The third-order valence-corrected chi connectivity index (χ3v) is 5.66. The van der Waals surface area contributed by atoms with Gasteiger partial charge in [-0.25, -0.2) is 4.79 Å². The molecule has 1 fully saturated rings. The molecular weight excluding hydrogens is 368 g/mol. The summed E-state index contributed by atoms with van der Waals surface area (Å²) < 4.78 is 34.7. The first-order chi connectivity index (χ1) is 12.4. The molecule has 0 aliphatic heterocycles. The highest BCUT2D eigenvalue weighted by Crippen LogP contribution is 2.33. The van der Waals surface area contributed by atoms with Crippen LogP contribution in [0, 0.1) is 0 Å². The molecule has 1 aromatic carbocycles. The van der Waals surface area contributed by atoms with E-state index < -0.39 is 15.4 Å². The van der Waals surface area contributed by atoms with Crippen molar-refractivity contribution in [2.24, 2.45) is 0 Å². The number of carbonyl (C=O) groups excluding carboxylic acids is 1. The van der Waals surface area contributed by atoms with Gasteiger partial charge in [0.1, 0.15) is 0 Å². The van der Waals surface area contributed by atoms with Crippen molar-refractivity contribution >= 4 is 16.1 Å². The summed E-state index contributed by atoms with van der Waals surface area (Å²) in [6, 6.07) is 5.18. The van der Waals surface area contributed by atoms with Crippen LogP contribution in [0.4, 0.5) is 4.79 Å². The minimum absolute atomic E-state index is 0.127. The number of carbonyl (C=O) groups is 1. The van der Waals surface area contributed by atoms with Crippen LogP contribution in [-0.2, 0) is 16.7 Å². The van der Waals surface area contributed by atoms with E-state index in [1.807, 2.05) is 26.8 Å². The highest BCUT2D eigenvalue weighted by Gasteiger charge is 2.34. The molecule has 0 radical (unpaired) electrons. The second-order valence-corrected chi connectivity index (χ2v) is 10.2. The number of benzene rings is 1. The molecule has 1 aliphatic rings. The average Bonchev–Trinajstić information content (AvgIpc) is 3.35. The second-order valence-electron chi connectivity index (χ2n) is 8.15. The van der Waals surface area contributed by atoms with Gasteiger partial charge in [0.15, 0.2) is 11.5 Å². The molecule has 0 heterocycles. The van der Waals surface area contributed by atoms with Crippen LogP contribution in [0.2, 0.25) is 0 Å². The number of hydrogen-bond acceptors (Lipinski definition) is 5. The van der Waals surface area contributed by atoms with E-state index in [1.54, 1.807) is 30.9 Å². The lowest BCUT2D eigenvalue weighted by Crippen LogP contribution is -2.49. The maximum Gasteiger partial charge on any atom is 0.318 e. The largest absolute Gasteiger partial charge is 0.493 e. The normalized spacial score (nSPS) is 14.8. The van der Waals surface area contributed by atoms with Crippen molar-refractivity contribution in [2.75, 3.05) is 7.11 Å². The molecule has 7 nitrogen and oxygen atoms in total. The first-order valence-corrected chi connectivity index (χ1v) is 10.6. The topological polar surface area (TPSA) is 84.9 Å². The molecule has 2 amide bonds. The predicted molar refractivity (Wildman–Crippen MR) is 105 cm³/mol. The molecule has 0 atom stereocenters. The van der Waals surface area contributed by atoms with Crippen LogP contribution in [0.15, 0.2) is 18.2 Å². The Kier molecular flexibility index (Phi) is 6.29. The summed E-state index contributed by atoms with van der Waals surface area (Å²) in [4.78, 5) is 14.4. The summed E-state index contributed by atoms with van der Waals surface area (Å²) in [5.74, 6) is 0.468. The molecule has 1 aliphatic carbocycles. The van der Waals surface area contributed by atoms with Gasteiger partial charge in [-0.3, -0.25) is 0 Å². The summed E-state index contributed by atoms with van der Waals surface area (Å²) in [7, 11) is -2.29. The van der Waals surface area contributed by atoms with Gasteiger partial charge in [-0.05, 0) is 65.2 Å². The quantitative estimate of drug-likeness (QED) is 0.713. The summed E-state index contributed by atoms with van der Waals surface area (Å²) >= 11 is 0. The number of rotatable bonds is 7. The van der Waals surface area contributed by atoms with Gasteiger partial charge < -0.3 is 19.1 Å². The van der Waals surface area contributed by atoms with Crippen LogP contribution >= 0.6 is 0 Å². The van der Waals surface area contributed by atoms with Crippen LogP contribution in [0.1, 0.15) is 53.0 Å². The van der Waals surface area contributed by atoms with Crippen molar-refractivity contribution in [2.45, 2.75) is 70.8 Å². The van der Waals surface area contributed by atoms with Crippen LogP contribution < -0.4 is 14.2 Å². The lowest BCUT2D eigenvalue weighted by Gasteiger charge is -2.28. The molecule has 2 rings (SSSR count). The Bertz CT molecular complexity index is 780. The molecule has 27 heavy (non-hydrogen) atoms. The lowest BCUT2D eigenvalue weighted by molar-refractivity contribution is 0.182. The van der Waals surface area contributed by atoms with Crippen molar-refractivity contribution in [3.63, 3.8) is 0 Å². The molecule has 8 heteroatoms. The molecule has 1 N–H and O–H groups in total. The Balaban J connectivity index is 2.24. The molecule has 0 spiro atoms. The number of ether oxygens (including phenoxy) is 1. The Morgan fingerprint density at radius 3 is 2.37 bits per heavy atom. The number of amides is 2. The zero-order chi connectivity index (χ0) is 20.4. The van der Waals surface area contributed by atoms with Gasteiger partial charge in [-0.1, -0.05) is 6.07 Å². The molecule has 1 saturated carbocycles. The summed E-state index contributed by atoms with van der Waals surface area (Å²) in [6.45, 7) is 9.29. The van der Waals surface area contributed by atoms with Crippen LogP contribution in [0.25, 0.3) is 0 Å². The number of nitrogens with zero attached hydrogens (tertiary/aromatic N) is 1. The maximum absolute atomic E-state index is 12.6. The zero-order valence-corrected chi connectivity index (χ0v) is 17.7. The van der Waals surface area contributed by atoms with E-state index >= 15 is 0 Å². The van der Waals surface area contributed by atoms with E-state index in [0.29, 0.717) is 12.3 Å². The maximum atomic E-state index is 12.6. The fourth-order valence-electron chi connectivity index (χ4n) is 2.45. The molecule has 0 saturated heterocycles. The number of methoxy groups -OCH3 is 1. The first-order valence-electron chi connectivity index (χ1n) is 9.12. The molecule has 0 aromatic heterocycles. The third-order valence-electron chi connectivity index (χ3n) is 4.09. The number of hydrogen-bond donors (Lipinski definition) is 1. The summed E-state index contributed by atoms with van der Waals surface area (Å²) in [6.07, 6.45) is 1.94. The van der Waals surface area contributed by atoms with Gasteiger partial charge in [0, 0.05) is 18.1 Å². The van der Waals surface area contributed by atoms with Gasteiger partial charge in [-0.2, -0.15) is 8.42 Å². The highest BCUT2D eigenvalue weighted by atomic mass is 32.2. The monoisotopic (exact) mass is 398 g/mol. The van der Waals surface area contributed by atoms with Crippen LogP contribution in [-0.4, -0.2) is 43.3 Å². The third kappa shape index (κ3) is 6.02. The molecule has 1 aromatic rings. The predicted octanol–water partition coefficient (Wildman–Crippen LogP) is 3.28. The van der Waals surface area contributed by atoms with Gasteiger partial charge in [-0.15, -0.1) is 0 Å². The SMILES string of the molecule is COc1ccc(CN(C(=O)NC(C)(C)C)C2CC2)cc1OS(=O)(=O)C(C)C. The van der Waals surface area contributed by atoms with Crippen molar-refractivity contribution in [1.82, 2.24) is 10.2 Å². The van der Waals surface area contributed by atoms with E-state index in [4.69, 9.17) is 8.92 Å². The number of urea groups is 1. The molecular formula is C19H30N2O5S. The van der Waals surface area contributed by atoms with Crippen LogP contribution in [0.3, 0.4) is 0 Å². The summed E-state index contributed by atoms with van der Waals surface area (Å²) in [5.41, 5.74) is 0.449. The van der Waals surface area contributed by atoms with Gasteiger partial charge >= 0.3 is 16.1 Å². The summed E-state index contributed by atoms with van der Waals surface area (Å²) in [5, 5.41) is 2.31. The van der Waals surface area contributed by atoms with E-state index in [9.17, 15) is 13.2 Å². The minimum atomic E-state index is -3.75. The van der Waals surface area contributed by atoms with E-state index in [-0.39, 0.29) is 23.4 Å². The Labute approximate surface area is 162 Å². The Morgan fingerprint density at radius 2 is 1.89 bits per heavy atom. The van der Waals surface area contributed by atoms with Crippen molar-refractivity contribution in [3.05, 3.63) is 23.8 Å². The zero-order valence-electron chi connectivity index (χ0n) is 16.9. The molecule has 0 unspecified atom stereocenters. The minimum Gasteiger partial charge on any atom is -0.493 e. The molecule has 0 bridgehead atoms. The second kappa shape index (κ2) is 7.96. The van der Waals surface area contributed by atoms with Gasteiger partial charge in [0.05, 0.1) is 12.4 Å². The molecule has 152 valence electrons. The van der Waals surface area contributed by atoms with Crippen molar-refractivity contribution < 1.29 is 22.1 Å².